The van der Waals surface area contributed by atoms with Crippen LogP contribution in [0.1, 0.15) is 28.4 Å². The first-order valence-electron chi connectivity index (χ1n) is 11.1. The molecular formula is C25H31N3O5. The maximum atomic E-state index is 12.5. The number of carbonyl (C=O) groups is 3. The molecule has 8 heteroatoms. The van der Waals surface area contributed by atoms with Gasteiger partial charge in [0.25, 0.3) is 5.91 Å². The van der Waals surface area contributed by atoms with E-state index in [9.17, 15) is 14.4 Å². The number of piperazine rings is 1. The van der Waals surface area contributed by atoms with Gasteiger partial charge in [-0.15, -0.1) is 0 Å². The van der Waals surface area contributed by atoms with Crippen molar-refractivity contribution in [2.75, 3.05) is 51.3 Å². The quantitative estimate of drug-likeness (QED) is 0.619. The van der Waals surface area contributed by atoms with Crippen molar-refractivity contribution in [2.45, 2.75) is 20.8 Å². The van der Waals surface area contributed by atoms with Gasteiger partial charge in [-0.2, -0.15) is 0 Å². The molecule has 1 saturated heterocycles. The van der Waals surface area contributed by atoms with E-state index in [2.05, 4.69) is 5.32 Å². The minimum absolute atomic E-state index is 0.0727. The molecule has 0 unspecified atom stereocenters. The van der Waals surface area contributed by atoms with E-state index in [1.165, 1.54) is 0 Å². The number of esters is 1. The van der Waals surface area contributed by atoms with Gasteiger partial charge in [0.15, 0.2) is 6.61 Å². The van der Waals surface area contributed by atoms with Crippen molar-refractivity contribution in [3.63, 3.8) is 0 Å². The summed E-state index contributed by atoms with van der Waals surface area (Å²) >= 11 is 0. The second kappa shape index (κ2) is 11.5. The molecule has 0 atom stereocenters. The van der Waals surface area contributed by atoms with Crippen LogP contribution in [0.3, 0.4) is 0 Å². The Kier molecular flexibility index (Phi) is 8.43. The first-order chi connectivity index (χ1) is 15.9. The van der Waals surface area contributed by atoms with Gasteiger partial charge < -0.3 is 19.7 Å². The minimum atomic E-state index is -0.548. The first kappa shape index (κ1) is 24.3. The summed E-state index contributed by atoms with van der Waals surface area (Å²) in [5.74, 6) is -0.190. The minimum Gasteiger partial charge on any atom is -0.494 e. The molecule has 176 valence electrons. The highest BCUT2D eigenvalue weighted by molar-refractivity contribution is 5.94. The fourth-order valence-electron chi connectivity index (χ4n) is 3.70. The zero-order valence-electron chi connectivity index (χ0n) is 19.4. The van der Waals surface area contributed by atoms with Gasteiger partial charge in [0.05, 0.1) is 18.7 Å². The molecule has 1 heterocycles. The van der Waals surface area contributed by atoms with Crippen LogP contribution in [-0.2, 0) is 14.3 Å². The maximum absolute atomic E-state index is 12.5. The van der Waals surface area contributed by atoms with Crippen molar-refractivity contribution in [2.24, 2.45) is 0 Å². The molecule has 1 fully saturated rings. The molecular weight excluding hydrogens is 422 g/mol. The lowest BCUT2D eigenvalue weighted by Crippen LogP contribution is -2.51. The average Bonchev–Trinajstić information content (AvgIpc) is 2.81. The van der Waals surface area contributed by atoms with Crippen LogP contribution in [0.5, 0.6) is 5.75 Å². The van der Waals surface area contributed by atoms with Crippen molar-refractivity contribution in [1.82, 2.24) is 9.80 Å². The van der Waals surface area contributed by atoms with Crippen molar-refractivity contribution < 1.29 is 23.9 Å². The second-order valence-corrected chi connectivity index (χ2v) is 8.01. The molecule has 0 spiro atoms. The normalized spacial score (nSPS) is 14.0. The zero-order chi connectivity index (χ0) is 23.8. The summed E-state index contributed by atoms with van der Waals surface area (Å²) in [5.41, 5.74) is 3.27. The third-order valence-electron chi connectivity index (χ3n) is 5.57. The standard InChI is InChI=1S/C25H31N3O5/c1-4-32-21-10-8-20(9-11-21)25(31)33-17-23(30)28-14-12-27(13-15-28)16-22(29)26-24-18(2)6-5-7-19(24)3/h5-11H,4,12-17H2,1-3H3,(H,26,29). The number of rotatable bonds is 8. The molecule has 2 aromatic rings. The number of hydrogen-bond acceptors (Lipinski definition) is 6. The SMILES string of the molecule is CCOc1ccc(C(=O)OCC(=O)N2CCN(CC(=O)Nc3c(C)cccc3C)CC2)cc1. The summed E-state index contributed by atoms with van der Waals surface area (Å²) in [7, 11) is 0. The Morgan fingerprint density at radius 2 is 1.58 bits per heavy atom. The Morgan fingerprint density at radius 3 is 2.18 bits per heavy atom. The number of ether oxygens (including phenoxy) is 2. The van der Waals surface area contributed by atoms with Crippen molar-refractivity contribution in [3.05, 3.63) is 59.2 Å². The van der Waals surface area contributed by atoms with Gasteiger partial charge in [-0.1, -0.05) is 18.2 Å². The molecule has 33 heavy (non-hydrogen) atoms. The Bertz CT molecular complexity index is 962. The zero-order valence-corrected chi connectivity index (χ0v) is 19.4. The van der Waals surface area contributed by atoms with E-state index in [1.54, 1.807) is 29.2 Å². The molecule has 2 aromatic carbocycles. The highest BCUT2D eigenvalue weighted by Gasteiger charge is 2.23. The third kappa shape index (κ3) is 6.79. The molecule has 2 amide bonds. The van der Waals surface area contributed by atoms with Crippen LogP contribution < -0.4 is 10.1 Å². The number of hydrogen-bond donors (Lipinski definition) is 1. The van der Waals surface area contributed by atoms with Gasteiger partial charge in [-0.25, -0.2) is 4.79 Å². The van der Waals surface area contributed by atoms with Gasteiger partial charge in [-0.05, 0) is 56.2 Å². The number of amides is 2. The molecule has 0 bridgehead atoms. The summed E-state index contributed by atoms with van der Waals surface area (Å²) in [6.07, 6.45) is 0. The number of para-hydroxylation sites is 1. The van der Waals surface area contributed by atoms with Crippen LogP contribution in [0.25, 0.3) is 0 Å². The predicted octanol–water partition coefficient (Wildman–Crippen LogP) is 2.64. The summed E-state index contributed by atoms with van der Waals surface area (Å²) in [4.78, 5) is 40.8. The van der Waals surface area contributed by atoms with Gasteiger partial charge >= 0.3 is 5.97 Å². The van der Waals surface area contributed by atoms with E-state index in [0.29, 0.717) is 44.1 Å². The summed E-state index contributed by atoms with van der Waals surface area (Å²) in [5, 5.41) is 2.99. The van der Waals surface area contributed by atoms with Gasteiger partial charge in [-0.3, -0.25) is 14.5 Å². The van der Waals surface area contributed by atoms with Crippen LogP contribution in [0.2, 0.25) is 0 Å². The lowest BCUT2D eigenvalue weighted by molar-refractivity contribution is -0.136. The topological polar surface area (TPSA) is 88.2 Å². The molecule has 1 aliphatic heterocycles. The molecule has 0 aliphatic carbocycles. The molecule has 3 rings (SSSR count). The average molecular weight is 454 g/mol. The summed E-state index contributed by atoms with van der Waals surface area (Å²) in [6, 6.07) is 12.5. The predicted molar refractivity (Wildman–Crippen MR) is 125 cm³/mol. The van der Waals surface area contributed by atoms with Gasteiger partial charge in [0.2, 0.25) is 5.91 Å². The number of benzene rings is 2. The van der Waals surface area contributed by atoms with Crippen LogP contribution in [-0.4, -0.2) is 73.5 Å². The largest absolute Gasteiger partial charge is 0.494 e. The van der Waals surface area contributed by atoms with E-state index >= 15 is 0 Å². The molecule has 8 nitrogen and oxygen atoms in total. The first-order valence-corrected chi connectivity index (χ1v) is 11.1. The summed E-state index contributed by atoms with van der Waals surface area (Å²) < 4.78 is 10.5. The highest BCUT2D eigenvalue weighted by Crippen LogP contribution is 2.19. The number of carbonyl (C=O) groups excluding carboxylic acids is 3. The van der Waals surface area contributed by atoms with Crippen molar-refractivity contribution in [3.8, 4) is 5.75 Å². The number of nitrogens with one attached hydrogen (secondary N) is 1. The van der Waals surface area contributed by atoms with Crippen LogP contribution in [0.4, 0.5) is 5.69 Å². The number of aryl methyl sites for hydroxylation is 2. The van der Waals surface area contributed by atoms with Gasteiger partial charge in [0, 0.05) is 31.9 Å². The van der Waals surface area contributed by atoms with E-state index in [-0.39, 0.29) is 25.0 Å². The van der Waals surface area contributed by atoms with Crippen molar-refractivity contribution >= 4 is 23.5 Å². The maximum Gasteiger partial charge on any atom is 0.338 e. The fourth-order valence-corrected chi connectivity index (χ4v) is 3.70. The van der Waals surface area contributed by atoms with Crippen LogP contribution >= 0.6 is 0 Å². The molecule has 1 aliphatic rings. The molecule has 1 N–H and O–H groups in total. The number of anilines is 1. The fraction of sp³-hybridized carbons (Fsp3) is 0.400. The lowest BCUT2D eigenvalue weighted by Gasteiger charge is -2.34. The van der Waals surface area contributed by atoms with E-state index in [0.717, 1.165) is 16.8 Å². The molecule has 0 saturated carbocycles. The summed E-state index contributed by atoms with van der Waals surface area (Å²) in [6.45, 7) is 8.45. The Labute approximate surface area is 194 Å². The molecule has 0 radical (unpaired) electrons. The Hall–Kier alpha value is -3.39. The van der Waals surface area contributed by atoms with Gasteiger partial charge in [0.1, 0.15) is 5.75 Å². The lowest BCUT2D eigenvalue weighted by atomic mass is 10.1. The van der Waals surface area contributed by atoms with Crippen LogP contribution in [0, 0.1) is 13.8 Å². The second-order valence-electron chi connectivity index (χ2n) is 8.01. The molecule has 0 aromatic heterocycles. The van der Waals surface area contributed by atoms with E-state index < -0.39 is 5.97 Å². The van der Waals surface area contributed by atoms with E-state index in [1.807, 2.05) is 43.9 Å². The monoisotopic (exact) mass is 453 g/mol. The Morgan fingerprint density at radius 1 is 0.939 bits per heavy atom. The highest BCUT2D eigenvalue weighted by atomic mass is 16.5. The number of nitrogens with zero attached hydrogens (tertiary/aromatic N) is 2. The van der Waals surface area contributed by atoms with E-state index in [4.69, 9.17) is 9.47 Å². The smallest absolute Gasteiger partial charge is 0.338 e. The Balaban J connectivity index is 1.40. The van der Waals surface area contributed by atoms with Crippen LogP contribution in [0.15, 0.2) is 42.5 Å². The van der Waals surface area contributed by atoms with Crippen molar-refractivity contribution in [1.29, 1.82) is 0 Å². The third-order valence-corrected chi connectivity index (χ3v) is 5.57.